The molecule has 0 radical (unpaired) electrons. The minimum Gasteiger partial charge on any atom is -0.396 e. The molecule has 3 nitrogen and oxygen atoms in total. The van der Waals surface area contributed by atoms with E-state index in [0.717, 1.165) is 5.56 Å². The van der Waals surface area contributed by atoms with Crippen LogP contribution >= 0.6 is 0 Å². The Kier molecular flexibility index (Phi) is 4.93. The lowest BCUT2D eigenvalue weighted by Crippen LogP contribution is -2.29. The zero-order chi connectivity index (χ0) is 12.1. The van der Waals surface area contributed by atoms with Gasteiger partial charge in [0, 0.05) is 12.6 Å². The number of hydrogen-bond donors (Lipinski definition) is 3. The van der Waals surface area contributed by atoms with E-state index < -0.39 is 12.1 Å². The molecule has 4 N–H and O–H groups in total. The van der Waals surface area contributed by atoms with Gasteiger partial charge in [0.1, 0.15) is 0 Å². The first kappa shape index (κ1) is 13.2. The van der Waals surface area contributed by atoms with E-state index in [2.05, 4.69) is 13.8 Å². The summed E-state index contributed by atoms with van der Waals surface area (Å²) in [7, 11) is 0. The normalized spacial score (nSPS) is 15.1. The van der Waals surface area contributed by atoms with E-state index in [1.54, 1.807) is 0 Å². The Morgan fingerprint density at radius 3 is 2.06 bits per heavy atom. The van der Waals surface area contributed by atoms with Crippen LogP contribution in [0, 0.1) is 0 Å². The number of benzene rings is 1. The molecule has 0 amide bonds. The molecule has 1 rings (SSSR count). The highest BCUT2D eigenvalue weighted by atomic mass is 16.3. The molecular weight excluding hydrogens is 202 g/mol. The van der Waals surface area contributed by atoms with Gasteiger partial charge in [-0.2, -0.15) is 0 Å². The maximum Gasteiger partial charge on any atom is 0.0941 e. The van der Waals surface area contributed by atoms with Gasteiger partial charge in [-0.05, 0) is 23.5 Å². The van der Waals surface area contributed by atoms with Gasteiger partial charge >= 0.3 is 0 Å². The fourth-order valence-corrected chi connectivity index (χ4v) is 1.63. The first-order valence-corrected chi connectivity index (χ1v) is 5.70. The quantitative estimate of drug-likeness (QED) is 0.709. The largest absolute Gasteiger partial charge is 0.396 e. The van der Waals surface area contributed by atoms with Gasteiger partial charge in [0.05, 0.1) is 6.10 Å². The van der Waals surface area contributed by atoms with E-state index in [1.165, 1.54) is 5.56 Å². The van der Waals surface area contributed by atoms with Crippen LogP contribution in [0.3, 0.4) is 0 Å². The number of aliphatic hydroxyl groups excluding tert-OH is 2. The summed E-state index contributed by atoms with van der Waals surface area (Å²) >= 11 is 0. The molecule has 16 heavy (non-hydrogen) atoms. The van der Waals surface area contributed by atoms with Gasteiger partial charge in [-0.3, -0.25) is 0 Å². The Hall–Kier alpha value is -0.900. The van der Waals surface area contributed by atoms with Gasteiger partial charge in [-0.25, -0.2) is 0 Å². The zero-order valence-electron chi connectivity index (χ0n) is 9.93. The summed E-state index contributed by atoms with van der Waals surface area (Å²) in [6.45, 7) is 4.26. The van der Waals surface area contributed by atoms with Gasteiger partial charge < -0.3 is 15.9 Å². The molecule has 0 aromatic heterocycles. The molecule has 0 aliphatic heterocycles. The molecule has 1 aromatic rings. The molecule has 0 saturated carbocycles. The molecule has 3 heteroatoms. The van der Waals surface area contributed by atoms with Crippen LogP contribution < -0.4 is 5.73 Å². The lowest BCUT2D eigenvalue weighted by molar-refractivity contribution is 0.129. The minimum absolute atomic E-state index is 0.00229. The Balaban J connectivity index is 2.73. The third-order valence-corrected chi connectivity index (χ3v) is 2.81. The SMILES string of the molecule is CC(C)c1ccc(C(O)C(N)CCO)cc1. The van der Waals surface area contributed by atoms with Gasteiger partial charge in [0.2, 0.25) is 0 Å². The zero-order valence-corrected chi connectivity index (χ0v) is 9.93. The Bertz CT molecular complexity index is 308. The summed E-state index contributed by atoms with van der Waals surface area (Å²) in [5.41, 5.74) is 7.80. The second-order valence-corrected chi connectivity index (χ2v) is 4.44. The highest BCUT2D eigenvalue weighted by Gasteiger charge is 2.16. The molecule has 0 saturated heterocycles. The van der Waals surface area contributed by atoms with Gasteiger partial charge in [0.25, 0.3) is 0 Å². The highest BCUT2D eigenvalue weighted by Crippen LogP contribution is 2.21. The standard InChI is InChI=1S/C13H21NO2/c1-9(2)10-3-5-11(6-4-10)13(16)12(14)7-8-15/h3-6,9,12-13,15-16H,7-8,14H2,1-2H3. The van der Waals surface area contributed by atoms with Crippen LogP contribution in [0.15, 0.2) is 24.3 Å². The van der Waals surface area contributed by atoms with Crippen molar-refractivity contribution in [2.75, 3.05) is 6.61 Å². The van der Waals surface area contributed by atoms with Crippen molar-refractivity contribution in [3.63, 3.8) is 0 Å². The second kappa shape index (κ2) is 5.99. The van der Waals surface area contributed by atoms with E-state index in [-0.39, 0.29) is 6.61 Å². The van der Waals surface area contributed by atoms with Crippen LogP contribution in [0.2, 0.25) is 0 Å². The van der Waals surface area contributed by atoms with Gasteiger partial charge in [-0.15, -0.1) is 0 Å². The predicted molar refractivity (Wildman–Crippen MR) is 65.2 cm³/mol. The molecule has 2 unspecified atom stereocenters. The summed E-state index contributed by atoms with van der Waals surface area (Å²) < 4.78 is 0. The minimum atomic E-state index is -0.701. The fourth-order valence-electron chi connectivity index (χ4n) is 1.63. The van der Waals surface area contributed by atoms with Gasteiger partial charge in [0.15, 0.2) is 0 Å². The first-order chi connectivity index (χ1) is 7.56. The smallest absolute Gasteiger partial charge is 0.0941 e. The Morgan fingerprint density at radius 2 is 1.62 bits per heavy atom. The van der Waals surface area contributed by atoms with Crippen molar-refractivity contribution < 1.29 is 10.2 Å². The van der Waals surface area contributed by atoms with Crippen molar-refractivity contribution in [3.8, 4) is 0 Å². The Labute approximate surface area is 96.9 Å². The monoisotopic (exact) mass is 223 g/mol. The molecule has 2 atom stereocenters. The molecule has 0 fully saturated rings. The van der Waals surface area contributed by atoms with Crippen LogP contribution in [0.4, 0.5) is 0 Å². The Morgan fingerprint density at radius 1 is 1.12 bits per heavy atom. The third-order valence-electron chi connectivity index (χ3n) is 2.81. The summed E-state index contributed by atoms with van der Waals surface area (Å²) in [4.78, 5) is 0. The van der Waals surface area contributed by atoms with E-state index >= 15 is 0 Å². The van der Waals surface area contributed by atoms with Gasteiger partial charge in [-0.1, -0.05) is 38.1 Å². The van der Waals surface area contributed by atoms with Crippen LogP contribution in [0.1, 0.15) is 43.4 Å². The maximum absolute atomic E-state index is 9.91. The topological polar surface area (TPSA) is 66.5 Å². The fraction of sp³-hybridized carbons (Fsp3) is 0.538. The van der Waals surface area contributed by atoms with Crippen molar-refractivity contribution in [1.29, 1.82) is 0 Å². The summed E-state index contributed by atoms with van der Waals surface area (Å²) in [5, 5.41) is 18.7. The van der Waals surface area contributed by atoms with Crippen LogP contribution in [-0.4, -0.2) is 22.9 Å². The molecule has 0 heterocycles. The van der Waals surface area contributed by atoms with Crippen LogP contribution in [0.5, 0.6) is 0 Å². The van der Waals surface area contributed by atoms with E-state index in [9.17, 15) is 5.11 Å². The summed E-state index contributed by atoms with van der Waals surface area (Å²) in [6, 6.07) is 7.41. The molecule has 0 spiro atoms. The van der Waals surface area contributed by atoms with Crippen molar-refractivity contribution in [2.45, 2.75) is 38.3 Å². The van der Waals surface area contributed by atoms with Crippen molar-refractivity contribution in [1.82, 2.24) is 0 Å². The van der Waals surface area contributed by atoms with E-state index in [1.807, 2.05) is 24.3 Å². The molecule has 0 aliphatic carbocycles. The highest BCUT2D eigenvalue weighted by molar-refractivity contribution is 5.26. The van der Waals surface area contributed by atoms with Crippen LogP contribution in [-0.2, 0) is 0 Å². The second-order valence-electron chi connectivity index (χ2n) is 4.44. The van der Waals surface area contributed by atoms with E-state index in [0.29, 0.717) is 12.3 Å². The average molecular weight is 223 g/mol. The third kappa shape index (κ3) is 3.30. The lowest BCUT2D eigenvalue weighted by Gasteiger charge is -2.18. The summed E-state index contributed by atoms with van der Waals surface area (Å²) in [5.74, 6) is 0.484. The first-order valence-electron chi connectivity index (χ1n) is 5.70. The summed E-state index contributed by atoms with van der Waals surface area (Å²) in [6.07, 6.45) is -0.291. The van der Waals surface area contributed by atoms with Crippen LogP contribution in [0.25, 0.3) is 0 Å². The molecule has 0 bridgehead atoms. The number of rotatable bonds is 5. The lowest BCUT2D eigenvalue weighted by atomic mass is 9.96. The molecule has 1 aromatic carbocycles. The molecule has 0 aliphatic rings. The van der Waals surface area contributed by atoms with E-state index in [4.69, 9.17) is 10.8 Å². The van der Waals surface area contributed by atoms with Crippen molar-refractivity contribution in [3.05, 3.63) is 35.4 Å². The maximum atomic E-state index is 9.91. The average Bonchev–Trinajstić information content (AvgIpc) is 2.28. The predicted octanol–water partition coefficient (Wildman–Crippen LogP) is 1.55. The number of hydrogen-bond acceptors (Lipinski definition) is 3. The number of nitrogens with two attached hydrogens (primary N) is 1. The molecule has 90 valence electrons. The number of aliphatic hydroxyl groups is 2. The van der Waals surface area contributed by atoms with Crippen molar-refractivity contribution >= 4 is 0 Å². The van der Waals surface area contributed by atoms with Crippen molar-refractivity contribution in [2.24, 2.45) is 5.73 Å². The molecular formula is C13H21NO2.